The van der Waals surface area contributed by atoms with E-state index in [9.17, 15) is 0 Å². The molecule has 4 aliphatic rings. The maximum absolute atomic E-state index is 5.72. The summed E-state index contributed by atoms with van der Waals surface area (Å²) in [7, 11) is 0. The smallest absolute Gasteiger partial charge is 0.0253 e. The van der Waals surface area contributed by atoms with Crippen molar-refractivity contribution in [1.82, 2.24) is 10.6 Å². The average Bonchev–Trinajstić information content (AvgIpc) is 3.11. The molecule has 0 amide bonds. The summed E-state index contributed by atoms with van der Waals surface area (Å²) in [6, 6.07) is 1.21. The van der Waals surface area contributed by atoms with E-state index in [1.807, 2.05) is 0 Å². The molecule has 0 aromatic heterocycles. The number of hydrogen-bond donors (Lipinski definition) is 4. The van der Waals surface area contributed by atoms with Gasteiger partial charge in [0, 0.05) is 12.1 Å². The van der Waals surface area contributed by atoms with Crippen LogP contribution in [-0.4, -0.2) is 38.3 Å². The lowest BCUT2D eigenvalue weighted by molar-refractivity contribution is -0.0560. The van der Waals surface area contributed by atoms with Gasteiger partial charge in [0.1, 0.15) is 0 Å². The fourth-order valence-corrected chi connectivity index (χ4v) is 8.71. The summed E-state index contributed by atoms with van der Waals surface area (Å²) in [5.41, 5.74) is 14.2. The van der Waals surface area contributed by atoms with E-state index in [1.165, 1.54) is 51.4 Å². The molecule has 0 spiro atoms. The molecule has 3 fully saturated rings. The maximum Gasteiger partial charge on any atom is 0.0253 e. The normalized spacial score (nSPS) is 43.0. The van der Waals surface area contributed by atoms with Crippen molar-refractivity contribution in [2.45, 2.75) is 97.1 Å². The zero-order valence-corrected chi connectivity index (χ0v) is 20.6. The van der Waals surface area contributed by atoms with Gasteiger partial charge in [0.25, 0.3) is 0 Å². The quantitative estimate of drug-likeness (QED) is 0.327. The number of hydrogen-bond acceptors (Lipinski definition) is 4. The Labute approximate surface area is 191 Å². The van der Waals surface area contributed by atoms with Crippen LogP contribution in [0, 0.1) is 34.5 Å². The molecule has 0 bridgehead atoms. The van der Waals surface area contributed by atoms with E-state index in [2.05, 4.69) is 37.5 Å². The third kappa shape index (κ3) is 4.39. The zero-order chi connectivity index (χ0) is 22.1. The summed E-state index contributed by atoms with van der Waals surface area (Å²) in [5, 5.41) is 7.59. The van der Waals surface area contributed by atoms with Crippen molar-refractivity contribution < 1.29 is 0 Å². The molecule has 0 saturated heterocycles. The van der Waals surface area contributed by atoms with Crippen LogP contribution in [0.4, 0.5) is 0 Å². The van der Waals surface area contributed by atoms with Crippen LogP contribution in [0.3, 0.4) is 0 Å². The van der Waals surface area contributed by atoms with E-state index in [0.29, 0.717) is 22.9 Å². The number of fused-ring (bicyclic) bond motifs is 5. The van der Waals surface area contributed by atoms with Gasteiger partial charge in [-0.1, -0.05) is 25.5 Å². The molecular weight excluding hydrogens is 380 g/mol. The van der Waals surface area contributed by atoms with Gasteiger partial charge in [-0.25, -0.2) is 0 Å². The lowest BCUT2D eigenvalue weighted by Gasteiger charge is -2.59. The highest BCUT2D eigenvalue weighted by atomic mass is 14.9. The van der Waals surface area contributed by atoms with Crippen molar-refractivity contribution in [2.75, 3.05) is 26.2 Å². The Kier molecular flexibility index (Phi) is 7.52. The predicted molar refractivity (Wildman–Crippen MR) is 132 cm³/mol. The maximum atomic E-state index is 5.72. The first-order valence-electron chi connectivity index (χ1n) is 13.5. The van der Waals surface area contributed by atoms with Crippen LogP contribution in [0.1, 0.15) is 85.0 Å². The second-order valence-electron chi connectivity index (χ2n) is 11.9. The molecule has 0 radical (unpaired) electrons. The van der Waals surface area contributed by atoms with Crippen molar-refractivity contribution in [3.05, 3.63) is 11.6 Å². The molecule has 31 heavy (non-hydrogen) atoms. The van der Waals surface area contributed by atoms with Gasteiger partial charge in [-0.05, 0) is 132 Å². The van der Waals surface area contributed by atoms with E-state index in [4.69, 9.17) is 11.5 Å². The molecule has 0 unspecified atom stereocenters. The SMILES string of the molecule is C[C@@H](NCCCN)[C@H]1CC[C@H]2[C@@H]3CCC4=C[C@@H](NCCCN)CC[C@]4(C)[C@H]3CC[C@]12C. The van der Waals surface area contributed by atoms with Gasteiger partial charge < -0.3 is 22.1 Å². The van der Waals surface area contributed by atoms with E-state index >= 15 is 0 Å². The highest BCUT2D eigenvalue weighted by Crippen LogP contribution is 2.67. The summed E-state index contributed by atoms with van der Waals surface area (Å²) >= 11 is 0. The van der Waals surface area contributed by atoms with Gasteiger partial charge in [-0.3, -0.25) is 0 Å². The molecule has 0 aromatic rings. The highest BCUT2D eigenvalue weighted by molar-refractivity contribution is 5.26. The van der Waals surface area contributed by atoms with Crippen molar-refractivity contribution in [3.63, 3.8) is 0 Å². The summed E-state index contributed by atoms with van der Waals surface area (Å²) in [5.74, 6) is 3.64. The monoisotopic (exact) mass is 430 g/mol. The topological polar surface area (TPSA) is 76.1 Å². The first-order valence-corrected chi connectivity index (χ1v) is 13.5. The summed E-state index contributed by atoms with van der Waals surface area (Å²) in [6.45, 7) is 11.5. The molecule has 6 N–H and O–H groups in total. The van der Waals surface area contributed by atoms with Crippen LogP contribution in [0.15, 0.2) is 11.6 Å². The second kappa shape index (κ2) is 9.83. The average molecular weight is 431 g/mol. The molecule has 0 aromatic carbocycles. The Hall–Kier alpha value is -0.420. The Morgan fingerprint density at radius 3 is 2.52 bits per heavy atom. The van der Waals surface area contributed by atoms with Crippen molar-refractivity contribution in [2.24, 2.45) is 46.0 Å². The number of nitrogens with two attached hydrogens (primary N) is 2. The fourth-order valence-electron chi connectivity index (χ4n) is 8.71. The standard InChI is InChI=1S/C27H50N4/c1-19(30-16-4-14-28)23-8-9-24-22-7-6-20-18-21(31-17-5-15-29)10-12-26(20,2)25(22)11-13-27(23,24)3/h18-19,21-25,30-31H,4-17,28-29H2,1-3H3/t19-,21+,22+,23-,24+,25+,26+,27-/m1/s1. The third-order valence-corrected chi connectivity index (χ3v) is 10.4. The summed E-state index contributed by atoms with van der Waals surface area (Å²) in [6.07, 6.45) is 16.1. The van der Waals surface area contributed by atoms with Gasteiger partial charge in [-0.15, -0.1) is 0 Å². The van der Waals surface area contributed by atoms with Gasteiger partial charge in [0.05, 0.1) is 0 Å². The molecular formula is C27H50N4. The van der Waals surface area contributed by atoms with Gasteiger partial charge in [0.15, 0.2) is 0 Å². The summed E-state index contributed by atoms with van der Waals surface area (Å²) < 4.78 is 0. The molecule has 0 aliphatic heterocycles. The number of allylic oxidation sites excluding steroid dienone is 1. The van der Waals surface area contributed by atoms with E-state index in [-0.39, 0.29) is 0 Å². The van der Waals surface area contributed by atoms with E-state index in [1.54, 1.807) is 5.57 Å². The minimum Gasteiger partial charge on any atom is -0.330 e. The third-order valence-electron chi connectivity index (χ3n) is 10.4. The second-order valence-corrected chi connectivity index (χ2v) is 11.9. The van der Waals surface area contributed by atoms with Crippen molar-refractivity contribution in [1.29, 1.82) is 0 Å². The van der Waals surface area contributed by atoms with Gasteiger partial charge >= 0.3 is 0 Å². The Morgan fingerprint density at radius 2 is 1.74 bits per heavy atom. The minimum absolute atomic E-state index is 0.458. The summed E-state index contributed by atoms with van der Waals surface area (Å²) in [4.78, 5) is 0. The van der Waals surface area contributed by atoms with Crippen LogP contribution in [0.25, 0.3) is 0 Å². The first kappa shape index (κ1) is 23.7. The van der Waals surface area contributed by atoms with Gasteiger partial charge in [-0.2, -0.15) is 0 Å². The molecule has 4 aliphatic carbocycles. The van der Waals surface area contributed by atoms with E-state index in [0.717, 1.165) is 62.7 Å². The Balaban J connectivity index is 1.44. The van der Waals surface area contributed by atoms with Crippen LogP contribution in [0.5, 0.6) is 0 Å². The Morgan fingerprint density at radius 1 is 0.968 bits per heavy atom. The predicted octanol–water partition coefficient (Wildman–Crippen LogP) is 4.20. The molecule has 4 rings (SSSR count). The lowest BCUT2D eigenvalue weighted by Crippen LogP contribution is -2.53. The first-order chi connectivity index (χ1) is 14.9. The zero-order valence-electron chi connectivity index (χ0n) is 20.6. The molecule has 8 atom stereocenters. The van der Waals surface area contributed by atoms with Crippen molar-refractivity contribution >= 4 is 0 Å². The van der Waals surface area contributed by atoms with Crippen LogP contribution in [-0.2, 0) is 0 Å². The minimum atomic E-state index is 0.458. The highest BCUT2D eigenvalue weighted by Gasteiger charge is 2.59. The molecule has 0 heterocycles. The van der Waals surface area contributed by atoms with Crippen molar-refractivity contribution in [3.8, 4) is 0 Å². The lowest BCUT2D eigenvalue weighted by atomic mass is 9.46. The van der Waals surface area contributed by atoms with E-state index < -0.39 is 0 Å². The molecule has 3 saturated carbocycles. The number of nitrogens with one attached hydrogen (secondary N) is 2. The number of rotatable bonds is 9. The molecule has 4 nitrogen and oxygen atoms in total. The van der Waals surface area contributed by atoms with Crippen LogP contribution >= 0.6 is 0 Å². The molecule has 178 valence electrons. The van der Waals surface area contributed by atoms with Gasteiger partial charge in [0.2, 0.25) is 0 Å². The Bertz CT molecular complexity index is 633. The molecule has 4 heteroatoms. The largest absolute Gasteiger partial charge is 0.330 e. The van der Waals surface area contributed by atoms with Crippen LogP contribution in [0.2, 0.25) is 0 Å². The fraction of sp³-hybridized carbons (Fsp3) is 0.926. The van der Waals surface area contributed by atoms with Crippen LogP contribution < -0.4 is 22.1 Å².